The van der Waals surface area contributed by atoms with Crippen molar-refractivity contribution in [2.75, 3.05) is 18.4 Å². The summed E-state index contributed by atoms with van der Waals surface area (Å²) in [6.45, 7) is 1.41. The van der Waals surface area contributed by atoms with Gasteiger partial charge in [0.1, 0.15) is 11.6 Å². The smallest absolute Gasteiger partial charge is 0.321 e. The SMILES string of the molecule is Cn1ccnc1CC1CCCN(C(=O)Nc2ccc(F)c(Cl)c2)C1. The molecule has 1 unspecified atom stereocenters. The van der Waals surface area contributed by atoms with Crippen molar-refractivity contribution in [1.29, 1.82) is 0 Å². The van der Waals surface area contributed by atoms with Crippen molar-refractivity contribution in [2.45, 2.75) is 19.3 Å². The highest BCUT2D eigenvalue weighted by molar-refractivity contribution is 6.31. The highest BCUT2D eigenvalue weighted by Gasteiger charge is 2.25. The van der Waals surface area contributed by atoms with Crippen LogP contribution in [-0.4, -0.2) is 33.6 Å². The number of nitrogens with zero attached hydrogens (tertiary/aromatic N) is 3. The highest BCUT2D eigenvalue weighted by atomic mass is 35.5. The number of benzene rings is 1. The van der Waals surface area contributed by atoms with Gasteiger partial charge in [0.15, 0.2) is 0 Å². The first-order valence-corrected chi connectivity index (χ1v) is 8.38. The highest BCUT2D eigenvalue weighted by Crippen LogP contribution is 2.23. The fourth-order valence-electron chi connectivity index (χ4n) is 3.04. The summed E-state index contributed by atoms with van der Waals surface area (Å²) in [6.07, 6.45) is 6.63. The summed E-state index contributed by atoms with van der Waals surface area (Å²) in [5.74, 6) is 0.928. The molecule has 0 bridgehead atoms. The number of hydrogen-bond acceptors (Lipinski definition) is 2. The molecule has 0 spiro atoms. The first-order valence-electron chi connectivity index (χ1n) is 8.00. The third-order valence-corrected chi connectivity index (χ3v) is 4.66. The number of aryl methyl sites for hydroxylation is 1. The number of urea groups is 1. The molecule has 7 heteroatoms. The summed E-state index contributed by atoms with van der Waals surface area (Å²) < 4.78 is 15.2. The minimum atomic E-state index is -0.497. The lowest BCUT2D eigenvalue weighted by Crippen LogP contribution is -2.43. The van der Waals surface area contributed by atoms with E-state index in [1.807, 2.05) is 17.8 Å². The molecular formula is C17H20ClFN4O. The average Bonchev–Trinajstić information content (AvgIpc) is 2.96. The Balaban J connectivity index is 1.60. The molecule has 0 radical (unpaired) electrons. The van der Waals surface area contributed by atoms with Crippen LogP contribution in [0.5, 0.6) is 0 Å². The van der Waals surface area contributed by atoms with Gasteiger partial charge in [-0.3, -0.25) is 0 Å². The molecule has 0 aliphatic carbocycles. The van der Waals surface area contributed by atoms with Crippen LogP contribution in [-0.2, 0) is 13.5 Å². The van der Waals surface area contributed by atoms with E-state index in [2.05, 4.69) is 10.3 Å². The number of carbonyl (C=O) groups is 1. The molecule has 2 amide bonds. The first kappa shape index (κ1) is 16.8. The van der Waals surface area contributed by atoms with E-state index in [4.69, 9.17) is 11.6 Å². The van der Waals surface area contributed by atoms with Gasteiger partial charge >= 0.3 is 6.03 Å². The third-order valence-electron chi connectivity index (χ3n) is 4.37. The predicted molar refractivity (Wildman–Crippen MR) is 91.6 cm³/mol. The number of anilines is 1. The molecule has 5 nitrogen and oxygen atoms in total. The van der Waals surface area contributed by atoms with Crippen LogP contribution in [0.2, 0.25) is 5.02 Å². The van der Waals surface area contributed by atoms with Crippen molar-refractivity contribution in [3.05, 3.63) is 47.3 Å². The number of nitrogens with one attached hydrogen (secondary N) is 1. The maximum absolute atomic E-state index is 13.2. The fraction of sp³-hybridized carbons (Fsp3) is 0.412. The summed E-state index contributed by atoms with van der Waals surface area (Å²) in [5, 5.41) is 2.78. The molecule has 1 fully saturated rings. The zero-order chi connectivity index (χ0) is 17.1. The van der Waals surface area contributed by atoms with E-state index in [-0.39, 0.29) is 11.1 Å². The van der Waals surface area contributed by atoms with E-state index < -0.39 is 5.82 Å². The summed E-state index contributed by atoms with van der Waals surface area (Å²) in [6, 6.07) is 4.00. The zero-order valence-electron chi connectivity index (χ0n) is 13.5. The molecule has 128 valence electrons. The minimum absolute atomic E-state index is 0.000831. The van der Waals surface area contributed by atoms with Gasteiger partial charge in [-0.25, -0.2) is 14.2 Å². The maximum atomic E-state index is 13.2. The summed E-state index contributed by atoms with van der Waals surface area (Å²) in [7, 11) is 1.98. The van der Waals surface area contributed by atoms with E-state index in [1.54, 1.807) is 11.1 Å². The van der Waals surface area contributed by atoms with Gasteiger partial charge in [0, 0.05) is 44.6 Å². The van der Waals surface area contributed by atoms with Crippen molar-refractivity contribution in [1.82, 2.24) is 14.5 Å². The number of imidazole rings is 1. The lowest BCUT2D eigenvalue weighted by molar-refractivity contribution is 0.176. The summed E-state index contributed by atoms with van der Waals surface area (Å²) >= 11 is 5.75. The Bertz CT molecular complexity index is 733. The number of carbonyl (C=O) groups excluding carboxylic acids is 1. The molecule has 1 atom stereocenters. The number of hydrogen-bond donors (Lipinski definition) is 1. The van der Waals surface area contributed by atoms with Crippen molar-refractivity contribution in [3.63, 3.8) is 0 Å². The Morgan fingerprint density at radius 1 is 1.50 bits per heavy atom. The van der Waals surface area contributed by atoms with E-state index in [0.717, 1.165) is 31.6 Å². The van der Waals surface area contributed by atoms with Crippen LogP contribution in [0.1, 0.15) is 18.7 Å². The Morgan fingerprint density at radius 2 is 2.33 bits per heavy atom. The number of halogens is 2. The molecule has 0 saturated carbocycles. The standard InChI is InChI=1S/C17H20ClFN4O/c1-22-8-6-20-16(22)9-12-3-2-7-23(11-12)17(24)21-13-4-5-15(19)14(18)10-13/h4-6,8,10,12H,2-3,7,9,11H2,1H3,(H,21,24). The number of amides is 2. The number of likely N-dealkylation sites (tertiary alicyclic amines) is 1. The molecule has 2 aromatic rings. The topological polar surface area (TPSA) is 50.2 Å². The second-order valence-electron chi connectivity index (χ2n) is 6.17. The van der Waals surface area contributed by atoms with Gasteiger partial charge in [0.25, 0.3) is 0 Å². The second kappa shape index (κ2) is 7.21. The number of rotatable bonds is 3. The average molecular weight is 351 g/mol. The normalized spacial score (nSPS) is 17.8. The lowest BCUT2D eigenvalue weighted by atomic mass is 9.94. The van der Waals surface area contributed by atoms with E-state index in [9.17, 15) is 9.18 Å². The zero-order valence-corrected chi connectivity index (χ0v) is 14.3. The molecule has 1 aliphatic heterocycles. The Kier molecular flexibility index (Phi) is 5.04. The van der Waals surface area contributed by atoms with Gasteiger partial charge in [-0.15, -0.1) is 0 Å². The lowest BCUT2D eigenvalue weighted by Gasteiger charge is -2.32. The molecule has 2 heterocycles. The molecule has 3 rings (SSSR count). The van der Waals surface area contributed by atoms with Gasteiger partial charge in [-0.05, 0) is 37.0 Å². The minimum Gasteiger partial charge on any atom is -0.338 e. The Hall–Kier alpha value is -2.08. The molecule has 1 saturated heterocycles. The van der Waals surface area contributed by atoms with Crippen molar-refractivity contribution >= 4 is 23.3 Å². The van der Waals surface area contributed by atoms with Gasteiger partial charge in [-0.1, -0.05) is 11.6 Å². The van der Waals surface area contributed by atoms with Gasteiger partial charge in [0.2, 0.25) is 0 Å². The van der Waals surface area contributed by atoms with Crippen molar-refractivity contribution < 1.29 is 9.18 Å². The monoisotopic (exact) mass is 350 g/mol. The van der Waals surface area contributed by atoms with E-state index >= 15 is 0 Å². The summed E-state index contributed by atoms with van der Waals surface area (Å²) in [4.78, 5) is 18.6. The van der Waals surface area contributed by atoms with E-state index in [0.29, 0.717) is 18.2 Å². The third kappa shape index (κ3) is 3.87. The fourth-order valence-corrected chi connectivity index (χ4v) is 3.22. The van der Waals surface area contributed by atoms with Crippen LogP contribution in [0.3, 0.4) is 0 Å². The Labute approximate surface area is 145 Å². The van der Waals surface area contributed by atoms with Crippen molar-refractivity contribution in [3.8, 4) is 0 Å². The van der Waals surface area contributed by atoms with Crippen LogP contribution in [0.4, 0.5) is 14.9 Å². The largest absolute Gasteiger partial charge is 0.338 e. The molecule has 24 heavy (non-hydrogen) atoms. The van der Waals surface area contributed by atoms with Crippen LogP contribution in [0.15, 0.2) is 30.6 Å². The molecule has 1 N–H and O–H groups in total. The van der Waals surface area contributed by atoms with Crippen LogP contribution >= 0.6 is 11.6 Å². The van der Waals surface area contributed by atoms with Gasteiger partial charge in [-0.2, -0.15) is 0 Å². The molecule has 1 aromatic heterocycles. The predicted octanol–water partition coefficient (Wildman–Crippen LogP) is 3.70. The second-order valence-corrected chi connectivity index (χ2v) is 6.58. The van der Waals surface area contributed by atoms with Crippen molar-refractivity contribution in [2.24, 2.45) is 13.0 Å². The van der Waals surface area contributed by atoms with Crippen LogP contribution in [0, 0.1) is 11.7 Å². The maximum Gasteiger partial charge on any atom is 0.321 e. The number of aromatic nitrogens is 2. The number of piperidine rings is 1. The molecular weight excluding hydrogens is 331 g/mol. The van der Waals surface area contributed by atoms with Gasteiger partial charge < -0.3 is 14.8 Å². The summed E-state index contributed by atoms with van der Waals surface area (Å²) in [5.41, 5.74) is 0.498. The van der Waals surface area contributed by atoms with Crippen LogP contribution in [0.25, 0.3) is 0 Å². The quantitative estimate of drug-likeness (QED) is 0.917. The first-order chi connectivity index (χ1) is 11.5. The van der Waals surface area contributed by atoms with Gasteiger partial charge in [0.05, 0.1) is 5.02 Å². The molecule has 1 aliphatic rings. The Morgan fingerprint density at radius 3 is 3.04 bits per heavy atom. The van der Waals surface area contributed by atoms with Crippen LogP contribution < -0.4 is 5.32 Å². The van der Waals surface area contributed by atoms with E-state index in [1.165, 1.54) is 18.2 Å². The molecule has 1 aromatic carbocycles.